The standard InChI is InChI=1S/C33H36F2N8O3S/c1-17-13-41(5)8-9-43(17)18-6-7-42(14-18)31-38-11-20-21-15-45-16-22(21)24(26(35)27(20)39-31)28-25-19(10-36)30(40-32(44)46-33(2,3)4)47-29(25)23(34)12-37-28/h11-12,17-18H,6-9,13-16H2,1-5H3,(H,40,44)/t17-,18+/m1/s1. The molecule has 3 aliphatic rings. The van der Waals surface area contributed by atoms with E-state index >= 15 is 8.78 Å². The molecule has 3 aliphatic heterocycles. The van der Waals surface area contributed by atoms with E-state index in [2.05, 4.69) is 50.0 Å². The Balaban J connectivity index is 1.31. The highest BCUT2D eigenvalue weighted by molar-refractivity contribution is 7.23. The van der Waals surface area contributed by atoms with Crippen LogP contribution in [-0.4, -0.2) is 88.3 Å². The van der Waals surface area contributed by atoms with Crippen molar-refractivity contribution in [2.45, 2.75) is 65.0 Å². The van der Waals surface area contributed by atoms with Crippen molar-refractivity contribution < 1.29 is 23.0 Å². The average Bonchev–Trinajstić information content (AvgIpc) is 3.76. The molecule has 0 aliphatic carbocycles. The van der Waals surface area contributed by atoms with Gasteiger partial charge in [-0.05, 0) is 52.3 Å². The Morgan fingerprint density at radius 2 is 1.94 bits per heavy atom. The van der Waals surface area contributed by atoms with E-state index in [0.29, 0.717) is 29.0 Å². The predicted octanol–water partition coefficient (Wildman–Crippen LogP) is 5.65. The molecule has 246 valence electrons. The molecule has 6 heterocycles. The van der Waals surface area contributed by atoms with Gasteiger partial charge in [0.25, 0.3) is 0 Å². The van der Waals surface area contributed by atoms with Crippen molar-refractivity contribution in [2.24, 2.45) is 0 Å². The fourth-order valence-electron chi connectivity index (χ4n) is 7.04. The molecule has 0 saturated carbocycles. The lowest BCUT2D eigenvalue weighted by Crippen LogP contribution is -2.54. The van der Waals surface area contributed by atoms with Crippen LogP contribution in [0.4, 0.5) is 24.5 Å². The van der Waals surface area contributed by atoms with E-state index in [1.54, 1.807) is 27.0 Å². The topological polar surface area (TPSA) is 120 Å². The lowest BCUT2D eigenvalue weighted by atomic mass is 9.94. The number of piperazine rings is 1. The van der Waals surface area contributed by atoms with Gasteiger partial charge in [-0.1, -0.05) is 0 Å². The first-order valence-electron chi connectivity index (χ1n) is 15.7. The molecule has 1 N–H and O–H groups in total. The second-order valence-corrected chi connectivity index (χ2v) is 14.5. The lowest BCUT2D eigenvalue weighted by Gasteiger charge is -2.41. The number of pyridine rings is 1. The zero-order valence-electron chi connectivity index (χ0n) is 27.0. The first-order chi connectivity index (χ1) is 22.4. The third-order valence-electron chi connectivity index (χ3n) is 9.12. The highest BCUT2D eigenvalue weighted by atomic mass is 32.1. The third kappa shape index (κ3) is 5.65. The number of thiophene rings is 1. The molecule has 1 amide bonds. The van der Waals surface area contributed by atoms with Crippen molar-refractivity contribution in [3.05, 3.63) is 40.7 Å². The average molecular weight is 663 g/mol. The summed E-state index contributed by atoms with van der Waals surface area (Å²) in [6, 6.07) is 2.87. The molecule has 0 spiro atoms. The first kappa shape index (κ1) is 31.6. The number of carbonyl (C=O) groups is 1. The number of fused-ring (bicyclic) bond motifs is 4. The molecule has 2 atom stereocenters. The molecule has 4 aromatic rings. The molecular formula is C33H36F2N8O3S. The number of hydrogen-bond acceptors (Lipinski definition) is 11. The summed E-state index contributed by atoms with van der Waals surface area (Å²) < 4.78 is 43.3. The molecule has 0 radical (unpaired) electrons. The van der Waals surface area contributed by atoms with Gasteiger partial charge in [-0.3, -0.25) is 15.2 Å². The number of carbonyl (C=O) groups excluding carboxylic acids is 1. The van der Waals surface area contributed by atoms with Crippen LogP contribution in [0.15, 0.2) is 12.4 Å². The number of ether oxygens (including phenoxy) is 2. The summed E-state index contributed by atoms with van der Waals surface area (Å²) in [5.74, 6) is -0.896. The normalized spacial score (nSPS) is 20.6. The second-order valence-electron chi connectivity index (χ2n) is 13.5. The molecule has 14 heteroatoms. The van der Waals surface area contributed by atoms with Crippen LogP contribution >= 0.6 is 11.3 Å². The number of nitriles is 1. The van der Waals surface area contributed by atoms with Crippen LogP contribution in [0, 0.1) is 23.0 Å². The summed E-state index contributed by atoms with van der Waals surface area (Å²) in [4.78, 5) is 33.4. The minimum atomic E-state index is -0.794. The van der Waals surface area contributed by atoms with Crippen molar-refractivity contribution in [1.82, 2.24) is 24.8 Å². The smallest absolute Gasteiger partial charge is 0.412 e. The van der Waals surface area contributed by atoms with E-state index in [1.807, 2.05) is 0 Å². The summed E-state index contributed by atoms with van der Waals surface area (Å²) >= 11 is 0.870. The molecule has 1 aromatic carbocycles. The van der Waals surface area contributed by atoms with Crippen molar-refractivity contribution in [2.75, 3.05) is 50.0 Å². The van der Waals surface area contributed by atoms with Gasteiger partial charge in [0.05, 0.1) is 35.4 Å². The van der Waals surface area contributed by atoms with Crippen LogP contribution in [0.25, 0.3) is 32.2 Å². The van der Waals surface area contributed by atoms with Gasteiger partial charge in [0.2, 0.25) is 5.95 Å². The molecule has 2 saturated heterocycles. The Hall–Kier alpha value is -4.03. The number of amides is 1. The number of halogens is 2. The van der Waals surface area contributed by atoms with E-state index in [1.165, 1.54) is 0 Å². The zero-order chi connectivity index (χ0) is 33.2. The Morgan fingerprint density at radius 3 is 2.68 bits per heavy atom. The number of benzene rings is 1. The Labute approximate surface area is 275 Å². The maximum absolute atomic E-state index is 16.9. The van der Waals surface area contributed by atoms with Crippen LogP contribution in [-0.2, 0) is 22.7 Å². The van der Waals surface area contributed by atoms with Gasteiger partial charge in [-0.25, -0.2) is 23.5 Å². The van der Waals surface area contributed by atoms with Gasteiger partial charge >= 0.3 is 6.09 Å². The Bertz CT molecular complexity index is 1950. The summed E-state index contributed by atoms with van der Waals surface area (Å²) in [5, 5.41) is 13.5. The van der Waals surface area contributed by atoms with Crippen molar-refractivity contribution >= 4 is 49.4 Å². The lowest BCUT2D eigenvalue weighted by molar-refractivity contribution is 0.0636. The summed E-state index contributed by atoms with van der Waals surface area (Å²) in [5.41, 5.74) is 0.754. The van der Waals surface area contributed by atoms with Crippen molar-refractivity contribution in [3.8, 4) is 17.3 Å². The fraction of sp³-hybridized carbons (Fsp3) is 0.485. The number of nitrogens with one attached hydrogen (secondary N) is 1. The molecule has 7 rings (SSSR count). The van der Waals surface area contributed by atoms with Crippen LogP contribution in [0.2, 0.25) is 0 Å². The van der Waals surface area contributed by atoms with Gasteiger partial charge in [0.1, 0.15) is 22.2 Å². The maximum Gasteiger partial charge on any atom is 0.412 e. The number of hydrogen-bond donors (Lipinski definition) is 1. The van der Waals surface area contributed by atoms with Crippen LogP contribution < -0.4 is 10.2 Å². The monoisotopic (exact) mass is 662 g/mol. The quantitative estimate of drug-likeness (QED) is 0.294. The fourth-order valence-corrected chi connectivity index (χ4v) is 8.08. The molecule has 11 nitrogen and oxygen atoms in total. The Morgan fingerprint density at radius 1 is 1.15 bits per heavy atom. The van der Waals surface area contributed by atoms with E-state index in [9.17, 15) is 10.1 Å². The van der Waals surface area contributed by atoms with Crippen LogP contribution in [0.3, 0.4) is 0 Å². The van der Waals surface area contributed by atoms with E-state index in [-0.39, 0.29) is 50.6 Å². The molecule has 0 bridgehead atoms. The number of anilines is 2. The number of nitrogens with zero attached hydrogens (tertiary/aromatic N) is 7. The number of aromatic nitrogens is 3. The minimum Gasteiger partial charge on any atom is -0.444 e. The highest BCUT2D eigenvalue weighted by Crippen LogP contribution is 2.46. The molecule has 2 fully saturated rings. The summed E-state index contributed by atoms with van der Waals surface area (Å²) in [6.45, 7) is 12.3. The molecule has 3 aromatic heterocycles. The number of rotatable bonds is 4. The summed E-state index contributed by atoms with van der Waals surface area (Å²) in [6.07, 6.45) is 2.84. The third-order valence-corrected chi connectivity index (χ3v) is 10.2. The van der Waals surface area contributed by atoms with E-state index in [0.717, 1.165) is 62.2 Å². The minimum absolute atomic E-state index is 0.0327. The van der Waals surface area contributed by atoms with Gasteiger partial charge in [-0.15, -0.1) is 11.3 Å². The largest absolute Gasteiger partial charge is 0.444 e. The van der Waals surface area contributed by atoms with Crippen molar-refractivity contribution in [3.63, 3.8) is 0 Å². The van der Waals surface area contributed by atoms with Crippen LogP contribution in [0.5, 0.6) is 0 Å². The van der Waals surface area contributed by atoms with Gasteiger partial charge in [0, 0.05) is 67.3 Å². The van der Waals surface area contributed by atoms with Crippen molar-refractivity contribution in [1.29, 1.82) is 5.26 Å². The SMILES string of the molecule is C[C@@H]1CN(C)CCN1[C@H]1CCN(c2ncc3c4c(c(-c5ncc(F)c6sc(NC(=O)OC(C)(C)C)c(C#N)c56)c(F)c3n2)COC4)C1. The molecule has 47 heavy (non-hydrogen) atoms. The summed E-state index contributed by atoms with van der Waals surface area (Å²) in [7, 11) is 2.15. The van der Waals surface area contributed by atoms with Crippen LogP contribution in [0.1, 0.15) is 50.8 Å². The predicted molar refractivity (Wildman–Crippen MR) is 175 cm³/mol. The molecule has 0 unspecified atom stereocenters. The van der Waals surface area contributed by atoms with E-state index < -0.39 is 23.3 Å². The van der Waals surface area contributed by atoms with Gasteiger partial charge < -0.3 is 19.3 Å². The maximum atomic E-state index is 16.9. The highest BCUT2D eigenvalue weighted by Gasteiger charge is 2.35. The second kappa shape index (κ2) is 11.9. The zero-order valence-corrected chi connectivity index (χ0v) is 27.8. The van der Waals surface area contributed by atoms with Gasteiger partial charge in [0.15, 0.2) is 11.6 Å². The molecular weight excluding hydrogens is 626 g/mol. The number of likely N-dealkylation sites (N-methyl/N-ethyl adjacent to an activating group) is 1. The first-order valence-corrected chi connectivity index (χ1v) is 16.5. The Kier molecular flexibility index (Phi) is 7.99. The van der Waals surface area contributed by atoms with Gasteiger partial charge in [-0.2, -0.15) is 5.26 Å². The van der Waals surface area contributed by atoms with E-state index in [4.69, 9.17) is 14.5 Å².